The number of pyridine rings is 1. The van der Waals surface area contributed by atoms with Crippen LogP contribution in [0.25, 0.3) is 11.0 Å². The van der Waals surface area contributed by atoms with Crippen LogP contribution in [0.15, 0.2) is 42.7 Å². The number of benzene rings is 1. The monoisotopic (exact) mass is 405 g/mol. The van der Waals surface area contributed by atoms with Crippen molar-refractivity contribution in [3.63, 3.8) is 0 Å². The molecule has 154 valence electrons. The van der Waals surface area contributed by atoms with Gasteiger partial charge in [-0.3, -0.25) is 4.79 Å². The summed E-state index contributed by atoms with van der Waals surface area (Å²) in [4.78, 5) is 19.5. The van der Waals surface area contributed by atoms with Gasteiger partial charge in [0.05, 0.1) is 17.0 Å². The van der Waals surface area contributed by atoms with E-state index in [-0.39, 0.29) is 11.9 Å². The molecule has 1 fully saturated rings. The number of hydrogen-bond acceptors (Lipinski definition) is 6. The summed E-state index contributed by atoms with van der Waals surface area (Å²) in [6, 6.07) is 10.8. The fourth-order valence-corrected chi connectivity index (χ4v) is 3.52. The van der Waals surface area contributed by atoms with Gasteiger partial charge in [0.1, 0.15) is 23.2 Å². The van der Waals surface area contributed by atoms with E-state index >= 15 is 0 Å². The summed E-state index contributed by atoms with van der Waals surface area (Å²) in [6.45, 7) is 1.34. The van der Waals surface area contributed by atoms with Crippen LogP contribution in [0.3, 0.4) is 0 Å². The molecule has 0 saturated carbocycles. The Morgan fingerprint density at radius 1 is 1.33 bits per heavy atom. The van der Waals surface area contributed by atoms with Gasteiger partial charge in [-0.2, -0.15) is 5.26 Å². The lowest BCUT2D eigenvalue weighted by Gasteiger charge is -2.24. The number of aromatic amines is 1. The largest absolute Gasteiger partial charge is 0.456 e. The lowest BCUT2D eigenvalue weighted by Crippen LogP contribution is -2.48. The maximum atomic E-state index is 12.3. The molecular formula is C22H23N5O3. The normalized spacial score (nSPS) is 15.5. The summed E-state index contributed by atoms with van der Waals surface area (Å²) in [6.07, 6.45) is 5.31. The van der Waals surface area contributed by atoms with Crippen molar-refractivity contribution < 1.29 is 14.3 Å². The molecule has 0 aliphatic carbocycles. The third-order valence-electron chi connectivity index (χ3n) is 5.17. The summed E-state index contributed by atoms with van der Waals surface area (Å²) in [5.41, 5.74) is 8.11. The molecule has 1 amide bonds. The standard InChI is InChI=1S/C22H23N5O3/c23-12-15-13-26-21-20(15)19(5-8-25-21)30-17-3-1-14(2-4-17)11-18(24)22(28)27-16-6-9-29-10-7-16/h1-5,8,13,16,18H,6-7,9-11,24H2,(H,25,26)(H,27,28). The maximum Gasteiger partial charge on any atom is 0.237 e. The number of nitrogens with two attached hydrogens (primary N) is 1. The van der Waals surface area contributed by atoms with Gasteiger partial charge >= 0.3 is 0 Å². The van der Waals surface area contributed by atoms with Crippen molar-refractivity contribution in [3.8, 4) is 17.6 Å². The van der Waals surface area contributed by atoms with E-state index in [9.17, 15) is 10.1 Å². The van der Waals surface area contributed by atoms with E-state index in [1.807, 2.05) is 24.3 Å². The summed E-state index contributed by atoms with van der Waals surface area (Å²) >= 11 is 0. The maximum absolute atomic E-state index is 12.3. The van der Waals surface area contributed by atoms with Gasteiger partial charge in [-0.15, -0.1) is 0 Å². The summed E-state index contributed by atoms with van der Waals surface area (Å²) in [5.74, 6) is 1.03. The van der Waals surface area contributed by atoms with Gasteiger partial charge in [-0.25, -0.2) is 4.98 Å². The van der Waals surface area contributed by atoms with E-state index in [4.69, 9.17) is 15.2 Å². The van der Waals surface area contributed by atoms with Crippen LogP contribution < -0.4 is 15.8 Å². The highest BCUT2D eigenvalue weighted by atomic mass is 16.5. The quantitative estimate of drug-likeness (QED) is 0.578. The third kappa shape index (κ3) is 4.43. The number of nitriles is 1. The first-order valence-corrected chi connectivity index (χ1v) is 9.90. The second-order valence-corrected chi connectivity index (χ2v) is 7.30. The molecule has 1 saturated heterocycles. The van der Waals surface area contributed by atoms with Gasteiger partial charge in [0.2, 0.25) is 5.91 Å². The lowest BCUT2D eigenvalue weighted by atomic mass is 10.0. The Morgan fingerprint density at radius 2 is 2.10 bits per heavy atom. The Balaban J connectivity index is 1.39. The van der Waals surface area contributed by atoms with E-state index in [0.29, 0.717) is 47.7 Å². The molecule has 30 heavy (non-hydrogen) atoms. The number of hydrogen-bond donors (Lipinski definition) is 3. The van der Waals surface area contributed by atoms with E-state index in [1.54, 1.807) is 18.5 Å². The van der Waals surface area contributed by atoms with Crippen LogP contribution in [0.1, 0.15) is 24.0 Å². The minimum absolute atomic E-state index is 0.136. The number of nitrogens with zero attached hydrogens (tertiary/aromatic N) is 2. The van der Waals surface area contributed by atoms with Crippen molar-refractivity contribution >= 4 is 16.9 Å². The van der Waals surface area contributed by atoms with E-state index in [2.05, 4.69) is 21.4 Å². The molecule has 1 atom stereocenters. The Kier molecular flexibility index (Phi) is 5.93. The molecule has 8 nitrogen and oxygen atoms in total. The molecule has 0 radical (unpaired) electrons. The molecule has 4 N–H and O–H groups in total. The smallest absolute Gasteiger partial charge is 0.237 e. The van der Waals surface area contributed by atoms with E-state index in [0.717, 1.165) is 18.4 Å². The van der Waals surface area contributed by atoms with Crippen molar-refractivity contribution in [3.05, 3.63) is 53.9 Å². The fourth-order valence-electron chi connectivity index (χ4n) is 3.52. The van der Waals surface area contributed by atoms with E-state index < -0.39 is 6.04 Å². The molecular weight excluding hydrogens is 382 g/mol. The van der Waals surface area contributed by atoms with Crippen LogP contribution in [0.5, 0.6) is 11.5 Å². The zero-order chi connectivity index (χ0) is 20.9. The number of carbonyl (C=O) groups excluding carboxylic acids is 1. The average Bonchev–Trinajstić information content (AvgIpc) is 3.20. The summed E-state index contributed by atoms with van der Waals surface area (Å²) in [7, 11) is 0. The zero-order valence-electron chi connectivity index (χ0n) is 16.4. The van der Waals surface area contributed by atoms with Crippen LogP contribution in [0.4, 0.5) is 0 Å². The highest BCUT2D eigenvalue weighted by Gasteiger charge is 2.20. The molecule has 3 aromatic rings. The summed E-state index contributed by atoms with van der Waals surface area (Å²) in [5, 5.41) is 12.9. The first kappa shape index (κ1) is 19.9. The molecule has 1 aliphatic heterocycles. The Morgan fingerprint density at radius 3 is 2.83 bits per heavy atom. The zero-order valence-corrected chi connectivity index (χ0v) is 16.4. The SMILES string of the molecule is N#Cc1c[nH]c2nccc(Oc3ccc(CC(N)C(=O)NC4CCOCC4)cc3)c12. The van der Waals surface area contributed by atoms with Gasteiger partial charge in [0.15, 0.2) is 0 Å². The highest BCUT2D eigenvalue weighted by Crippen LogP contribution is 2.31. The highest BCUT2D eigenvalue weighted by molar-refractivity contribution is 5.88. The first-order valence-electron chi connectivity index (χ1n) is 9.90. The van der Waals surface area contributed by atoms with Crippen molar-refractivity contribution in [2.75, 3.05) is 13.2 Å². The third-order valence-corrected chi connectivity index (χ3v) is 5.17. The van der Waals surface area contributed by atoms with Crippen molar-refractivity contribution in [1.29, 1.82) is 5.26 Å². The first-order chi connectivity index (χ1) is 14.6. The second-order valence-electron chi connectivity index (χ2n) is 7.30. The molecule has 0 bridgehead atoms. The summed E-state index contributed by atoms with van der Waals surface area (Å²) < 4.78 is 11.3. The Labute approximate surface area is 174 Å². The lowest BCUT2D eigenvalue weighted by molar-refractivity contribution is -0.123. The molecule has 8 heteroatoms. The van der Waals surface area contributed by atoms with Crippen molar-refractivity contribution in [2.24, 2.45) is 5.73 Å². The van der Waals surface area contributed by atoms with Gasteiger partial charge in [-0.05, 0) is 43.0 Å². The predicted octanol–water partition coefficient (Wildman–Crippen LogP) is 2.39. The minimum Gasteiger partial charge on any atom is -0.456 e. The average molecular weight is 405 g/mol. The van der Waals surface area contributed by atoms with Crippen LogP contribution in [-0.2, 0) is 16.0 Å². The molecule has 3 heterocycles. The molecule has 1 unspecified atom stereocenters. The minimum atomic E-state index is -0.613. The number of fused-ring (bicyclic) bond motifs is 1. The molecule has 1 aliphatic rings. The molecule has 2 aromatic heterocycles. The van der Waals surface area contributed by atoms with Crippen LogP contribution in [0.2, 0.25) is 0 Å². The number of H-pyrrole nitrogens is 1. The number of ether oxygens (including phenoxy) is 2. The van der Waals surface area contributed by atoms with Crippen molar-refractivity contribution in [1.82, 2.24) is 15.3 Å². The predicted molar refractivity (Wildman–Crippen MR) is 111 cm³/mol. The fraction of sp³-hybridized carbons (Fsp3) is 0.318. The number of amides is 1. The number of carbonyl (C=O) groups is 1. The number of aromatic nitrogens is 2. The van der Waals surface area contributed by atoms with Gasteiger partial charge in [0, 0.05) is 31.6 Å². The number of rotatable bonds is 6. The van der Waals surface area contributed by atoms with Gasteiger partial charge in [0.25, 0.3) is 0 Å². The topological polar surface area (TPSA) is 126 Å². The van der Waals surface area contributed by atoms with Crippen LogP contribution >= 0.6 is 0 Å². The van der Waals surface area contributed by atoms with Gasteiger partial charge in [-0.1, -0.05) is 12.1 Å². The van der Waals surface area contributed by atoms with E-state index in [1.165, 1.54) is 0 Å². The van der Waals surface area contributed by atoms with Crippen molar-refractivity contribution in [2.45, 2.75) is 31.3 Å². The second kappa shape index (κ2) is 8.95. The Bertz CT molecular complexity index is 1060. The molecule has 1 aromatic carbocycles. The molecule has 0 spiro atoms. The van der Waals surface area contributed by atoms with Crippen LogP contribution in [0, 0.1) is 11.3 Å². The molecule has 4 rings (SSSR count). The van der Waals surface area contributed by atoms with Crippen LogP contribution in [-0.4, -0.2) is 41.2 Å². The van der Waals surface area contributed by atoms with Gasteiger partial charge < -0.3 is 25.5 Å². The Hall–Kier alpha value is -3.41. The number of nitrogens with one attached hydrogen (secondary N) is 2.